The molecule has 116 valence electrons. The van der Waals surface area contributed by atoms with Crippen LogP contribution in [0.1, 0.15) is 42.9 Å². The minimum Gasteiger partial charge on any atom is -0.381 e. The molecule has 0 amide bonds. The van der Waals surface area contributed by atoms with Crippen LogP contribution in [0, 0.1) is 12.8 Å². The molecule has 1 atom stereocenters. The van der Waals surface area contributed by atoms with E-state index >= 15 is 0 Å². The van der Waals surface area contributed by atoms with Crippen LogP contribution in [0.4, 0.5) is 0 Å². The fraction of sp³-hybridized carbons (Fsp3) is 0.667. The normalized spacial score (nSPS) is 21.4. The largest absolute Gasteiger partial charge is 0.381 e. The van der Waals surface area contributed by atoms with E-state index < -0.39 is 0 Å². The van der Waals surface area contributed by atoms with Gasteiger partial charge in [-0.3, -0.25) is 0 Å². The Hall–Kier alpha value is -0.900. The number of rotatable bonds is 7. The van der Waals surface area contributed by atoms with Crippen LogP contribution >= 0.6 is 0 Å². The van der Waals surface area contributed by atoms with Gasteiger partial charge in [0.2, 0.25) is 0 Å². The molecule has 21 heavy (non-hydrogen) atoms. The van der Waals surface area contributed by atoms with Crippen molar-refractivity contribution in [1.82, 2.24) is 5.32 Å². The van der Waals surface area contributed by atoms with Gasteiger partial charge in [0, 0.05) is 25.8 Å². The van der Waals surface area contributed by atoms with Gasteiger partial charge in [-0.05, 0) is 49.7 Å². The first-order valence-electron chi connectivity index (χ1n) is 8.31. The third-order valence-electron chi connectivity index (χ3n) is 4.58. The standard InChI is InChI=1S/C18H27NO2/c1-14-4-2-3-5-17(14)18(12-19-16-6-7-16)21-13-15-8-10-20-11-9-15/h2-5,15-16,18-19H,6-13H2,1H3. The maximum atomic E-state index is 6.31. The molecule has 1 aromatic carbocycles. The first-order chi connectivity index (χ1) is 10.3. The number of ether oxygens (including phenoxy) is 2. The van der Waals surface area contributed by atoms with E-state index in [0.717, 1.165) is 45.2 Å². The Morgan fingerprint density at radius 1 is 1.19 bits per heavy atom. The van der Waals surface area contributed by atoms with Gasteiger partial charge < -0.3 is 14.8 Å². The third kappa shape index (κ3) is 4.53. The molecule has 3 heteroatoms. The Morgan fingerprint density at radius 2 is 1.95 bits per heavy atom. The van der Waals surface area contributed by atoms with Crippen LogP contribution in [0.15, 0.2) is 24.3 Å². The van der Waals surface area contributed by atoms with E-state index in [1.54, 1.807) is 0 Å². The maximum absolute atomic E-state index is 6.31. The number of hydrogen-bond acceptors (Lipinski definition) is 3. The summed E-state index contributed by atoms with van der Waals surface area (Å²) in [5.41, 5.74) is 2.66. The average molecular weight is 289 g/mol. The minimum absolute atomic E-state index is 0.176. The summed E-state index contributed by atoms with van der Waals surface area (Å²) in [5.74, 6) is 0.659. The summed E-state index contributed by atoms with van der Waals surface area (Å²) in [4.78, 5) is 0. The Bertz CT molecular complexity index is 439. The second-order valence-corrected chi connectivity index (χ2v) is 6.42. The molecular weight excluding hydrogens is 262 g/mol. The van der Waals surface area contributed by atoms with Crippen LogP contribution in [-0.4, -0.2) is 32.4 Å². The lowest BCUT2D eigenvalue weighted by Gasteiger charge is -2.26. The molecule has 1 N–H and O–H groups in total. The van der Waals surface area contributed by atoms with Crippen molar-refractivity contribution in [2.75, 3.05) is 26.4 Å². The van der Waals surface area contributed by atoms with E-state index in [9.17, 15) is 0 Å². The molecule has 3 rings (SSSR count). The molecule has 1 saturated carbocycles. The molecule has 0 radical (unpaired) electrons. The van der Waals surface area contributed by atoms with Crippen molar-refractivity contribution in [3.63, 3.8) is 0 Å². The highest BCUT2D eigenvalue weighted by Crippen LogP contribution is 2.26. The smallest absolute Gasteiger partial charge is 0.0951 e. The first-order valence-corrected chi connectivity index (χ1v) is 8.31. The summed E-state index contributed by atoms with van der Waals surface area (Å²) in [7, 11) is 0. The van der Waals surface area contributed by atoms with Crippen LogP contribution in [0.3, 0.4) is 0 Å². The third-order valence-corrected chi connectivity index (χ3v) is 4.58. The highest BCUT2D eigenvalue weighted by molar-refractivity contribution is 5.28. The lowest BCUT2D eigenvalue weighted by Crippen LogP contribution is -2.28. The Labute approximate surface area is 128 Å². The van der Waals surface area contributed by atoms with Crippen LogP contribution in [-0.2, 0) is 9.47 Å². The molecule has 0 spiro atoms. The van der Waals surface area contributed by atoms with Gasteiger partial charge in [0.05, 0.1) is 12.7 Å². The molecule has 3 nitrogen and oxygen atoms in total. The van der Waals surface area contributed by atoms with Gasteiger partial charge >= 0.3 is 0 Å². The minimum atomic E-state index is 0.176. The molecule has 1 unspecified atom stereocenters. The van der Waals surface area contributed by atoms with Crippen molar-refractivity contribution in [3.05, 3.63) is 35.4 Å². The van der Waals surface area contributed by atoms with Crippen molar-refractivity contribution < 1.29 is 9.47 Å². The summed E-state index contributed by atoms with van der Waals surface area (Å²) in [6, 6.07) is 9.33. The molecule has 1 aromatic rings. The number of benzene rings is 1. The molecular formula is C18H27NO2. The summed E-state index contributed by atoms with van der Waals surface area (Å²) in [6.07, 6.45) is 5.09. The summed E-state index contributed by atoms with van der Waals surface area (Å²) in [5, 5.41) is 3.62. The summed E-state index contributed by atoms with van der Waals surface area (Å²) >= 11 is 0. The van der Waals surface area contributed by atoms with Gasteiger partial charge in [-0.25, -0.2) is 0 Å². The van der Waals surface area contributed by atoms with Gasteiger partial charge in [-0.15, -0.1) is 0 Å². The Kier molecular flexibility index (Phi) is 5.28. The van der Waals surface area contributed by atoms with E-state index in [1.165, 1.54) is 24.0 Å². The van der Waals surface area contributed by atoms with E-state index in [0.29, 0.717) is 5.92 Å². The maximum Gasteiger partial charge on any atom is 0.0951 e. The zero-order valence-corrected chi connectivity index (χ0v) is 13.0. The lowest BCUT2D eigenvalue weighted by atomic mass is 10.0. The van der Waals surface area contributed by atoms with Gasteiger partial charge in [0.15, 0.2) is 0 Å². The molecule has 1 aliphatic carbocycles. The van der Waals surface area contributed by atoms with Crippen LogP contribution < -0.4 is 5.32 Å². The number of nitrogens with one attached hydrogen (secondary N) is 1. The second-order valence-electron chi connectivity index (χ2n) is 6.42. The molecule has 1 saturated heterocycles. The Balaban J connectivity index is 1.59. The molecule has 1 aliphatic heterocycles. The van der Waals surface area contributed by atoms with Gasteiger partial charge in [0.25, 0.3) is 0 Å². The van der Waals surface area contributed by atoms with Crippen molar-refractivity contribution in [2.45, 2.75) is 44.8 Å². The molecule has 2 fully saturated rings. The average Bonchev–Trinajstić information content (AvgIpc) is 3.34. The molecule has 1 heterocycles. The highest BCUT2D eigenvalue weighted by atomic mass is 16.5. The zero-order valence-electron chi connectivity index (χ0n) is 13.0. The SMILES string of the molecule is Cc1ccccc1C(CNC1CC1)OCC1CCOCC1. The van der Waals surface area contributed by atoms with Crippen LogP contribution in [0.5, 0.6) is 0 Å². The molecule has 0 aromatic heterocycles. The van der Waals surface area contributed by atoms with E-state index in [1.807, 2.05) is 0 Å². The summed E-state index contributed by atoms with van der Waals surface area (Å²) in [6.45, 7) is 5.75. The number of aryl methyl sites for hydroxylation is 1. The van der Waals surface area contributed by atoms with E-state index in [2.05, 4.69) is 36.5 Å². The fourth-order valence-corrected chi connectivity index (χ4v) is 2.93. The van der Waals surface area contributed by atoms with Crippen molar-refractivity contribution in [2.24, 2.45) is 5.92 Å². The predicted octanol–water partition coefficient (Wildman–Crippen LogP) is 3.23. The second kappa shape index (κ2) is 7.39. The van der Waals surface area contributed by atoms with Crippen LogP contribution in [0.2, 0.25) is 0 Å². The van der Waals surface area contributed by atoms with Gasteiger partial charge in [-0.2, -0.15) is 0 Å². The Morgan fingerprint density at radius 3 is 2.67 bits per heavy atom. The topological polar surface area (TPSA) is 30.5 Å². The first kappa shape index (κ1) is 15.0. The van der Waals surface area contributed by atoms with Gasteiger partial charge in [-0.1, -0.05) is 24.3 Å². The number of hydrogen-bond donors (Lipinski definition) is 1. The molecule has 0 bridgehead atoms. The fourth-order valence-electron chi connectivity index (χ4n) is 2.93. The molecule has 2 aliphatic rings. The van der Waals surface area contributed by atoms with E-state index in [-0.39, 0.29) is 6.10 Å². The predicted molar refractivity (Wildman–Crippen MR) is 84.4 cm³/mol. The van der Waals surface area contributed by atoms with Gasteiger partial charge in [0.1, 0.15) is 0 Å². The van der Waals surface area contributed by atoms with Crippen LogP contribution in [0.25, 0.3) is 0 Å². The monoisotopic (exact) mass is 289 g/mol. The lowest BCUT2D eigenvalue weighted by molar-refractivity contribution is -0.0117. The van der Waals surface area contributed by atoms with Crippen molar-refractivity contribution in [1.29, 1.82) is 0 Å². The highest BCUT2D eigenvalue weighted by Gasteiger charge is 2.24. The quantitative estimate of drug-likeness (QED) is 0.836. The van der Waals surface area contributed by atoms with Crippen molar-refractivity contribution >= 4 is 0 Å². The summed E-state index contributed by atoms with van der Waals surface area (Å²) < 4.78 is 11.7. The zero-order chi connectivity index (χ0) is 14.5. The van der Waals surface area contributed by atoms with Crippen molar-refractivity contribution in [3.8, 4) is 0 Å². The van der Waals surface area contributed by atoms with E-state index in [4.69, 9.17) is 9.47 Å².